The first-order valence-electron chi connectivity index (χ1n) is 3.45. The lowest BCUT2D eigenvalue weighted by atomic mass is 10.3. The Balaban J connectivity index is 3.86. The fraction of sp³-hybridized carbons (Fsp3) is 0.625. The highest BCUT2D eigenvalue weighted by Crippen LogP contribution is 1.99. The Hall–Kier alpha value is -0.630. The van der Waals surface area contributed by atoms with E-state index in [4.69, 9.17) is 0 Å². The van der Waals surface area contributed by atoms with Gasteiger partial charge in [-0.2, -0.15) is 0 Å². The molecule has 2 nitrogen and oxygen atoms in total. The molecule has 0 bridgehead atoms. The normalized spacial score (nSPS) is 11.1. The minimum atomic E-state index is 0.196. The number of amides is 1. The van der Waals surface area contributed by atoms with Crippen molar-refractivity contribution in [2.24, 2.45) is 0 Å². The highest BCUT2D eigenvalue weighted by molar-refractivity contribution is 5.65. The Morgan fingerprint density at radius 1 is 1.60 bits per heavy atom. The Kier molecular flexibility index (Phi) is 3.30. The van der Waals surface area contributed by atoms with Gasteiger partial charge >= 0.3 is 5.91 Å². The van der Waals surface area contributed by atoms with Crippen molar-refractivity contribution in [3.63, 3.8) is 0 Å². The quantitative estimate of drug-likeness (QED) is 0.427. The first-order chi connectivity index (χ1) is 4.50. The summed E-state index contributed by atoms with van der Waals surface area (Å²) in [6, 6.07) is 0. The Labute approximate surface area is 62.7 Å². The molecule has 0 aromatic heterocycles. The Morgan fingerprint density at radius 3 is 2.40 bits per heavy atom. The molecule has 0 aromatic rings. The van der Waals surface area contributed by atoms with Gasteiger partial charge in [-0.3, -0.25) is 4.48 Å². The standard InChI is InChI=1S/C8H16NO/c1-5-6-7-9(3,4)8(2)10/h5H,1,6-7H2,2-4H3/q+1. The number of rotatable bonds is 3. The summed E-state index contributed by atoms with van der Waals surface area (Å²) >= 11 is 0. The number of carbonyl (C=O) groups excluding carboxylic acids is 1. The predicted octanol–water partition coefficient (Wildman–Crippen LogP) is 1.19. The van der Waals surface area contributed by atoms with E-state index in [-0.39, 0.29) is 5.91 Å². The van der Waals surface area contributed by atoms with Gasteiger partial charge < -0.3 is 0 Å². The van der Waals surface area contributed by atoms with E-state index in [1.165, 1.54) is 0 Å². The van der Waals surface area contributed by atoms with Crippen molar-refractivity contribution in [2.45, 2.75) is 13.3 Å². The van der Waals surface area contributed by atoms with Gasteiger partial charge in [-0.25, -0.2) is 4.79 Å². The average molecular weight is 142 g/mol. The van der Waals surface area contributed by atoms with Gasteiger partial charge in [0, 0.05) is 6.42 Å². The maximum absolute atomic E-state index is 10.9. The van der Waals surface area contributed by atoms with Crippen molar-refractivity contribution in [3.8, 4) is 0 Å². The molecule has 0 N–H and O–H groups in total. The van der Waals surface area contributed by atoms with Crippen LogP contribution in [0.1, 0.15) is 13.3 Å². The summed E-state index contributed by atoms with van der Waals surface area (Å²) in [5, 5.41) is 0. The summed E-state index contributed by atoms with van der Waals surface area (Å²) in [4.78, 5) is 10.9. The lowest BCUT2D eigenvalue weighted by Crippen LogP contribution is -2.44. The second-order valence-electron chi connectivity index (χ2n) is 3.00. The van der Waals surface area contributed by atoms with E-state index in [0.717, 1.165) is 13.0 Å². The first-order valence-corrected chi connectivity index (χ1v) is 3.45. The third kappa shape index (κ3) is 2.78. The zero-order valence-electron chi connectivity index (χ0n) is 7.05. The minimum Gasteiger partial charge on any atom is -0.265 e. The first kappa shape index (κ1) is 9.37. The van der Waals surface area contributed by atoms with Gasteiger partial charge in [0.05, 0.1) is 27.6 Å². The molecule has 0 heterocycles. The van der Waals surface area contributed by atoms with Gasteiger partial charge in [0.15, 0.2) is 0 Å². The summed E-state index contributed by atoms with van der Waals surface area (Å²) < 4.78 is 0.450. The second kappa shape index (κ2) is 3.52. The molecular weight excluding hydrogens is 126 g/mol. The SMILES string of the molecule is C=CCC[N+](C)(C)C(C)=O. The minimum absolute atomic E-state index is 0.196. The van der Waals surface area contributed by atoms with Crippen LogP contribution in [0.15, 0.2) is 12.7 Å². The van der Waals surface area contributed by atoms with Crippen LogP contribution in [0.4, 0.5) is 0 Å². The molecule has 0 radical (unpaired) electrons. The molecule has 10 heavy (non-hydrogen) atoms. The monoisotopic (exact) mass is 142 g/mol. The Morgan fingerprint density at radius 2 is 2.10 bits per heavy atom. The second-order valence-corrected chi connectivity index (χ2v) is 3.00. The molecule has 0 aliphatic carbocycles. The van der Waals surface area contributed by atoms with Crippen molar-refractivity contribution in [1.82, 2.24) is 0 Å². The molecule has 0 saturated carbocycles. The molecule has 58 valence electrons. The number of hydrogen-bond acceptors (Lipinski definition) is 1. The maximum atomic E-state index is 10.9. The largest absolute Gasteiger partial charge is 0.310 e. The third-order valence-corrected chi connectivity index (χ3v) is 1.74. The summed E-state index contributed by atoms with van der Waals surface area (Å²) in [7, 11) is 3.82. The van der Waals surface area contributed by atoms with Crippen LogP contribution in [0.25, 0.3) is 0 Å². The van der Waals surface area contributed by atoms with Crippen LogP contribution in [-0.2, 0) is 4.79 Å². The lowest BCUT2D eigenvalue weighted by molar-refractivity contribution is -0.812. The Bertz CT molecular complexity index is 138. The molecule has 0 aliphatic heterocycles. The van der Waals surface area contributed by atoms with Crippen LogP contribution < -0.4 is 0 Å². The van der Waals surface area contributed by atoms with Crippen LogP contribution in [0.2, 0.25) is 0 Å². The van der Waals surface area contributed by atoms with Gasteiger partial charge in [0.1, 0.15) is 0 Å². The van der Waals surface area contributed by atoms with E-state index in [0.29, 0.717) is 4.48 Å². The number of carbonyl (C=O) groups is 1. The fourth-order valence-electron chi connectivity index (χ4n) is 0.571. The van der Waals surface area contributed by atoms with E-state index in [1.54, 1.807) is 6.92 Å². The van der Waals surface area contributed by atoms with Crippen LogP contribution in [0.3, 0.4) is 0 Å². The molecule has 0 rings (SSSR count). The third-order valence-electron chi connectivity index (χ3n) is 1.74. The van der Waals surface area contributed by atoms with E-state index in [9.17, 15) is 4.79 Å². The summed E-state index contributed by atoms with van der Waals surface area (Å²) in [6.07, 6.45) is 2.73. The van der Waals surface area contributed by atoms with Crippen LogP contribution in [0.5, 0.6) is 0 Å². The maximum Gasteiger partial charge on any atom is 0.310 e. The zero-order chi connectivity index (χ0) is 8.20. The lowest BCUT2D eigenvalue weighted by Gasteiger charge is -2.24. The van der Waals surface area contributed by atoms with Crippen LogP contribution >= 0.6 is 0 Å². The van der Waals surface area contributed by atoms with E-state index in [1.807, 2.05) is 20.2 Å². The van der Waals surface area contributed by atoms with Crippen LogP contribution in [-0.4, -0.2) is 31.0 Å². The molecule has 0 spiro atoms. The molecular formula is C8H16NO+. The van der Waals surface area contributed by atoms with Gasteiger partial charge in [-0.1, -0.05) is 6.08 Å². The van der Waals surface area contributed by atoms with Crippen molar-refractivity contribution < 1.29 is 9.28 Å². The van der Waals surface area contributed by atoms with Crippen LogP contribution in [0, 0.1) is 0 Å². The number of nitrogens with zero attached hydrogens (tertiary/aromatic N) is 1. The number of hydrogen-bond donors (Lipinski definition) is 0. The van der Waals surface area contributed by atoms with Gasteiger partial charge in [0.2, 0.25) is 0 Å². The van der Waals surface area contributed by atoms with Gasteiger partial charge in [0.25, 0.3) is 0 Å². The molecule has 0 saturated heterocycles. The molecule has 1 amide bonds. The fourth-order valence-corrected chi connectivity index (χ4v) is 0.571. The smallest absolute Gasteiger partial charge is 0.265 e. The molecule has 0 unspecified atom stereocenters. The molecule has 0 aliphatic rings. The molecule has 0 fully saturated rings. The van der Waals surface area contributed by atoms with Crippen molar-refractivity contribution in [2.75, 3.05) is 20.6 Å². The molecule has 2 heteroatoms. The van der Waals surface area contributed by atoms with Crippen molar-refractivity contribution >= 4 is 5.91 Å². The highest BCUT2D eigenvalue weighted by atomic mass is 16.2. The highest BCUT2D eigenvalue weighted by Gasteiger charge is 2.19. The summed E-state index contributed by atoms with van der Waals surface area (Å²) in [5.74, 6) is 0.196. The van der Waals surface area contributed by atoms with Crippen molar-refractivity contribution in [1.29, 1.82) is 0 Å². The summed E-state index contributed by atoms with van der Waals surface area (Å²) in [6.45, 7) is 6.06. The van der Waals surface area contributed by atoms with E-state index in [2.05, 4.69) is 6.58 Å². The van der Waals surface area contributed by atoms with Gasteiger partial charge in [-0.05, 0) is 0 Å². The van der Waals surface area contributed by atoms with Crippen molar-refractivity contribution in [3.05, 3.63) is 12.7 Å². The predicted molar refractivity (Wildman–Crippen MR) is 42.5 cm³/mol. The molecule has 0 atom stereocenters. The average Bonchev–Trinajstić information content (AvgIpc) is 1.84. The summed E-state index contributed by atoms with van der Waals surface area (Å²) in [5.41, 5.74) is 0. The number of quaternary nitrogens is 1. The van der Waals surface area contributed by atoms with E-state index < -0.39 is 0 Å². The van der Waals surface area contributed by atoms with E-state index >= 15 is 0 Å². The van der Waals surface area contributed by atoms with Gasteiger partial charge in [-0.15, -0.1) is 6.58 Å². The topological polar surface area (TPSA) is 17.1 Å². The molecule has 0 aromatic carbocycles. The zero-order valence-corrected chi connectivity index (χ0v) is 7.05.